The molecule has 0 spiro atoms. The third-order valence-electron chi connectivity index (χ3n) is 11.5. The van der Waals surface area contributed by atoms with Crippen molar-refractivity contribution >= 4 is 82.9 Å². The molecule has 73 heavy (non-hydrogen) atoms. The van der Waals surface area contributed by atoms with Crippen molar-refractivity contribution in [2.45, 2.75) is 74.3 Å². The Kier molecular flexibility index (Phi) is 18.9. The van der Waals surface area contributed by atoms with Crippen molar-refractivity contribution in [3.05, 3.63) is 124 Å². The Bertz CT molecular complexity index is 3130. The number of fused-ring (bicyclic) bond motifs is 3. The van der Waals surface area contributed by atoms with Gasteiger partial charge in [-0.1, -0.05) is 18.2 Å². The molecule has 3 aromatic carbocycles. The zero-order valence-corrected chi connectivity index (χ0v) is 46.2. The van der Waals surface area contributed by atoms with Crippen LogP contribution in [0, 0.1) is 41.5 Å². The number of benzene rings is 3. The van der Waals surface area contributed by atoms with E-state index in [0.29, 0.717) is 65.8 Å². The Morgan fingerprint density at radius 1 is 0.411 bits per heavy atom. The van der Waals surface area contributed by atoms with Crippen LogP contribution in [-0.4, -0.2) is 103 Å². The molecule has 9 rings (SSSR count). The van der Waals surface area contributed by atoms with Crippen molar-refractivity contribution in [2.75, 3.05) is 42.7 Å². The zero-order valence-electron chi connectivity index (χ0n) is 42.6. The molecular formula is C51H54AlN9O9S3. The number of aromatic nitrogens is 9. The van der Waals surface area contributed by atoms with Gasteiger partial charge in [0, 0.05) is 67.4 Å². The monoisotopic (exact) mass is 1060 g/mol. The quantitative estimate of drug-likeness (QED) is 0.0925. The molecule has 378 valence electrons. The Balaban J connectivity index is 0.000000177. The molecule has 0 aliphatic rings. The van der Waals surface area contributed by atoms with E-state index in [1.165, 1.54) is 0 Å². The summed E-state index contributed by atoms with van der Waals surface area (Å²) in [6.07, 6.45) is 5.18. The van der Waals surface area contributed by atoms with Crippen molar-refractivity contribution in [2.24, 2.45) is 0 Å². The van der Waals surface area contributed by atoms with E-state index in [2.05, 4.69) is 44.9 Å². The minimum absolute atomic E-state index is 0. The summed E-state index contributed by atoms with van der Waals surface area (Å²) in [5.74, 6) is 5.14. The third kappa shape index (κ3) is 12.7. The smallest absolute Gasteiger partial charge is 0.497 e. The van der Waals surface area contributed by atoms with Gasteiger partial charge >= 0.3 is 17.4 Å². The van der Waals surface area contributed by atoms with E-state index in [1.54, 1.807) is 116 Å². The fourth-order valence-corrected chi connectivity index (χ4v) is 10.9. The van der Waals surface area contributed by atoms with Gasteiger partial charge in [-0.15, -0.1) is 0 Å². The SMILES string of the molecule is COc1ccc2[n-]c(S(=O)Cc3ncc(C)c(OC)c3C)nc2c1.COc1ccc2[n-]c(S(=O)Cc3ncc(C)c(OC)c3C)nc2c1.COc1ccc2[n-]c(S(=O)Cc3ncc(C)c(OC)c3C)nc2c1.[Al+3]. The molecule has 9 aromatic rings. The van der Waals surface area contributed by atoms with Crippen LogP contribution in [0.2, 0.25) is 0 Å². The number of imidazole rings is 3. The second kappa shape index (κ2) is 24.8. The molecule has 0 bridgehead atoms. The number of rotatable bonds is 15. The minimum Gasteiger partial charge on any atom is -0.497 e. The molecule has 0 saturated heterocycles. The van der Waals surface area contributed by atoms with Crippen molar-refractivity contribution in [1.82, 2.24) is 44.9 Å². The van der Waals surface area contributed by atoms with Crippen LogP contribution in [0.3, 0.4) is 0 Å². The van der Waals surface area contributed by atoms with Gasteiger partial charge in [0.15, 0.2) is 0 Å². The number of ether oxygens (including phenoxy) is 6. The van der Waals surface area contributed by atoms with E-state index in [1.807, 2.05) is 41.5 Å². The zero-order chi connectivity index (χ0) is 51.8. The van der Waals surface area contributed by atoms with Crippen LogP contribution in [-0.2, 0) is 49.7 Å². The van der Waals surface area contributed by atoms with Gasteiger partial charge in [0.25, 0.3) is 0 Å². The molecule has 0 amide bonds. The van der Waals surface area contributed by atoms with Crippen LogP contribution in [0.5, 0.6) is 34.5 Å². The molecule has 3 atom stereocenters. The molecule has 0 aliphatic heterocycles. The summed E-state index contributed by atoms with van der Waals surface area (Å²) in [7, 11) is 5.49. The first-order valence-electron chi connectivity index (χ1n) is 22.2. The maximum absolute atomic E-state index is 12.6. The Labute approximate surface area is 441 Å². The summed E-state index contributed by atoms with van der Waals surface area (Å²) in [6, 6.07) is 16.2. The first-order valence-corrected chi connectivity index (χ1v) is 26.1. The average Bonchev–Trinajstić information content (AvgIpc) is 4.14. The predicted molar refractivity (Wildman–Crippen MR) is 282 cm³/mol. The summed E-state index contributed by atoms with van der Waals surface area (Å²) in [5, 5.41) is 0.914. The summed E-state index contributed by atoms with van der Waals surface area (Å²) in [5.41, 5.74) is 11.8. The topological polar surface area (TPSA) is 226 Å². The van der Waals surface area contributed by atoms with E-state index < -0.39 is 32.4 Å². The molecule has 0 radical (unpaired) electrons. The number of methoxy groups -OCH3 is 6. The van der Waals surface area contributed by atoms with Gasteiger partial charge in [0.2, 0.25) is 0 Å². The van der Waals surface area contributed by atoms with Crippen LogP contribution < -0.4 is 43.4 Å². The molecule has 0 fully saturated rings. The van der Waals surface area contributed by atoms with E-state index in [-0.39, 0.29) is 34.6 Å². The van der Waals surface area contributed by atoms with Crippen molar-refractivity contribution in [3.63, 3.8) is 0 Å². The van der Waals surface area contributed by atoms with Crippen LogP contribution >= 0.6 is 0 Å². The van der Waals surface area contributed by atoms with Gasteiger partial charge in [-0.05, 0) is 111 Å². The standard InChI is InChI=1S/3C17H18N3O3S.Al/c3*1-10-8-18-15(11(2)16(10)23-4)9-24(21)17-19-13-6-5-12(22-3)7-14(13)20-17;/h3*5-8H,9H2,1-4H3;/q3*-1;+3. The maximum Gasteiger partial charge on any atom is 3.00 e. The number of pyridine rings is 3. The van der Waals surface area contributed by atoms with E-state index in [0.717, 1.165) is 67.7 Å². The Morgan fingerprint density at radius 2 is 0.671 bits per heavy atom. The van der Waals surface area contributed by atoms with Crippen molar-refractivity contribution in [3.8, 4) is 34.5 Å². The molecular weight excluding hydrogens is 1010 g/mol. The molecule has 6 aromatic heterocycles. The van der Waals surface area contributed by atoms with Crippen LogP contribution in [0.15, 0.2) is 88.7 Å². The molecule has 0 N–H and O–H groups in total. The molecule has 18 nitrogen and oxygen atoms in total. The van der Waals surface area contributed by atoms with Crippen LogP contribution in [0.1, 0.15) is 50.5 Å². The molecule has 0 aliphatic carbocycles. The Hall–Kier alpha value is -6.70. The number of nitrogens with zero attached hydrogens (tertiary/aromatic N) is 9. The number of aryl methyl sites for hydroxylation is 3. The number of hydrogen-bond donors (Lipinski definition) is 0. The first kappa shape index (κ1) is 55.6. The fourth-order valence-electron chi connectivity index (χ4n) is 7.66. The van der Waals surface area contributed by atoms with E-state index in [9.17, 15) is 12.6 Å². The van der Waals surface area contributed by atoms with Crippen molar-refractivity contribution < 1.29 is 41.0 Å². The molecule has 0 saturated carbocycles. The second-order valence-electron chi connectivity index (χ2n) is 16.2. The third-order valence-corrected chi connectivity index (χ3v) is 14.9. The number of hydrogen-bond acceptors (Lipinski definition) is 15. The Morgan fingerprint density at radius 3 is 0.904 bits per heavy atom. The first-order chi connectivity index (χ1) is 34.6. The second-order valence-corrected chi connectivity index (χ2v) is 20.2. The van der Waals surface area contributed by atoms with Gasteiger partial charge in [-0.3, -0.25) is 27.6 Å². The van der Waals surface area contributed by atoms with Gasteiger partial charge < -0.3 is 58.3 Å². The summed E-state index contributed by atoms with van der Waals surface area (Å²) >= 11 is 0. The molecule has 22 heteroatoms. The minimum atomic E-state index is -1.38. The van der Waals surface area contributed by atoms with Crippen LogP contribution in [0.4, 0.5) is 0 Å². The van der Waals surface area contributed by atoms with Crippen molar-refractivity contribution in [1.29, 1.82) is 0 Å². The van der Waals surface area contributed by atoms with Gasteiger partial charge in [0.05, 0.1) is 109 Å². The summed E-state index contributed by atoms with van der Waals surface area (Å²) in [4.78, 5) is 39.3. The van der Waals surface area contributed by atoms with Gasteiger partial charge in [-0.2, -0.15) is 0 Å². The maximum atomic E-state index is 12.6. The van der Waals surface area contributed by atoms with E-state index >= 15 is 0 Å². The predicted octanol–water partition coefficient (Wildman–Crippen LogP) is 7.21. The molecule has 6 heterocycles. The van der Waals surface area contributed by atoms with Crippen LogP contribution in [0.25, 0.3) is 33.1 Å². The summed E-state index contributed by atoms with van der Waals surface area (Å²) in [6.45, 7) is 11.5. The fraction of sp³-hybridized carbons (Fsp3) is 0.294. The van der Waals surface area contributed by atoms with E-state index in [4.69, 9.17) is 28.4 Å². The average molecular weight is 1060 g/mol. The normalized spacial score (nSPS) is 12.2. The largest absolute Gasteiger partial charge is 3.00 e. The van der Waals surface area contributed by atoms with Gasteiger partial charge in [-0.25, -0.2) is 0 Å². The molecule has 3 unspecified atom stereocenters. The summed E-state index contributed by atoms with van der Waals surface area (Å²) < 4.78 is 69.6. The van der Waals surface area contributed by atoms with Gasteiger partial charge in [0.1, 0.15) is 34.5 Å².